The normalized spacial score (nSPS) is 26.1. The molecule has 2 heterocycles. The molecule has 170 valence electrons. The maximum absolute atomic E-state index is 13.7. The van der Waals surface area contributed by atoms with E-state index in [1.54, 1.807) is 0 Å². The van der Waals surface area contributed by atoms with Gasteiger partial charge >= 0.3 is 0 Å². The van der Waals surface area contributed by atoms with E-state index >= 15 is 0 Å². The fourth-order valence-corrected chi connectivity index (χ4v) is 5.64. The van der Waals surface area contributed by atoms with Crippen LogP contribution in [-0.4, -0.2) is 59.4 Å². The van der Waals surface area contributed by atoms with E-state index in [1.807, 2.05) is 36.1 Å². The summed E-state index contributed by atoms with van der Waals surface area (Å²) in [5, 5.41) is 3.35. The summed E-state index contributed by atoms with van der Waals surface area (Å²) < 4.78 is 0. The van der Waals surface area contributed by atoms with Crippen molar-refractivity contribution >= 4 is 11.8 Å². The predicted molar refractivity (Wildman–Crippen MR) is 124 cm³/mol. The molecule has 0 radical (unpaired) electrons. The van der Waals surface area contributed by atoms with Gasteiger partial charge in [-0.2, -0.15) is 0 Å². The molecule has 2 amide bonds. The largest absolute Gasteiger partial charge is 0.351 e. The Kier molecular flexibility index (Phi) is 7.31. The van der Waals surface area contributed by atoms with E-state index in [0.717, 1.165) is 43.6 Å². The van der Waals surface area contributed by atoms with Crippen LogP contribution in [0.3, 0.4) is 0 Å². The summed E-state index contributed by atoms with van der Waals surface area (Å²) in [6, 6.07) is 8.07. The van der Waals surface area contributed by atoms with Crippen molar-refractivity contribution in [3.8, 4) is 0 Å². The summed E-state index contributed by atoms with van der Waals surface area (Å²) in [5.74, 6) is 0.0355. The van der Waals surface area contributed by atoms with Crippen molar-refractivity contribution in [2.75, 3.05) is 26.2 Å². The number of carbonyl (C=O) groups is 2. The minimum absolute atomic E-state index is 0.00943. The first-order valence-corrected chi connectivity index (χ1v) is 12.5. The fraction of sp³-hybridized carbons (Fsp3) is 0.692. The third-order valence-corrected chi connectivity index (χ3v) is 7.64. The lowest BCUT2D eigenvalue weighted by molar-refractivity contribution is -0.132. The Morgan fingerprint density at radius 1 is 0.968 bits per heavy atom. The minimum Gasteiger partial charge on any atom is -0.351 e. The molecule has 1 N–H and O–H groups in total. The third kappa shape index (κ3) is 5.14. The zero-order valence-electron chi connectivity index (χ0n) is 19.2. The van der Waals surface area contributed by atoms with Crippen LogP contribution in [0.25, 0.3) is 0 Å². The molecule has 2 fully saturated rings. The van der Waals surface area contributed by atoms with Crippen LogP contribution >= 0.6 is 0 Å². The molecular weight excluding hydrogens is 386 g/mol. The van der Waals surface area contributed by atoms with Gasteiger partial charge in [0.15, 0.2) is 0 Å². The van der Waals surface area contributed by atoms with E-state index in [-0.39, 0.29) is 17.9 Å². The average Bonchev–Trinajstić information content (AvgIpc) is 3.19. The molecule has 1 saturated heterocycles. The first-order chi connectivity index (χ1) is 15.1. The number of rotatable bonds is 5. The van der Waals surface area contributed by atoms with Crippen LogP contribution in [0.5, 0.6) is 0 Å². The zero-order valence-corrected chi connectivity index (χ0v) is 19.2. The van der Waals surface area contributed by atoms with Crippen molar-refractivity contribution in [3.63, 3.8) is 0 Å². The molecule has 1 aromatic carbocycles. The van der Waals surface area contributed by atoms with Crippen molar-refractivity contribution in [2.45, 2.75) is 89.1 Å². The molecule has 1 atom stereocenters. The Bertz CT molecular complexity index is 764. The van der Waals surface area contributed by atoms with Crippen molar-refractivity contribution < 1.29 is 9.59 Å². The highest BCUT2D eigenvalue weighted by atomic mass is 16.2. The highest BCUT2D eigenvalue weighted by Crippen LogP contribution is 2.32. The first-order valence-electron chi connectivity index (χ1n) is 12.5. The summed E-state index contributed by atoms with van der Waals surface area (Å²) in [4.78, 5) is 31.6. The first kappa shape index (κ1) is 22.3. The monoisotopic (exact) mass is 425 g/mol. The molecule has 0 aromatic heterocycles. The molecule has 5 nitrogen and oxygen atoms in total. The Hall–Kier alpha value is -1.88. The zero-order chi connectivity index (χ0) is 21.7. The van der Waals surface area contributed by atoms with Crippen LogP contribution in [0.2, 0.25) is 0 Å². The molecular formula is C26H39N3O2. The van der Waals surface area contributed by atoms with Gasteiger partial charge in [0, 0.05) is 31.1 Å². The van der Waals surface area contributed by atoms with Gasteiger partial charge in [-0.3, -0.25) is 9.59 Å². The van der Waals surface area contributed by atoms with E-state index in [2.05, 4.69) is 10.2 Å². The van der Waals surface area contributed by atoms with Gasteiger partial charge in [-0.05, 0) is 57.3 Å². The summed E-state index contributed by atoms with van der Waals surface area (Å²) in [6.07, 6.45) is 12.7. The van der Waals surface area contributed by atoms with Crippen molar-refractivity contribution in [2.24, 2.45) is 0 Å². The summed E-state index contributed by atoms with van der Waals surface area (Å²) >= 11 is 0. The molecule has 1 aromatic rings. The lowest BCUT2D eigenvalue weighted by Crippen LogP contribution is -2.64. The smallest absolute Gasteiger partial charge is 0.255 e. The number of hydrogen-bond donors (Lipinski definition) is 1. The lowest BCUT2D eigenvalue weighted by Gasteiger charge is -2.45. The Balaban J connectivity index is 1.53. The molecule has 3 aliphatic rings. The highest BCUT2D eigenvalue weighted by Gasteiger charge is 2.47. The Labute approximate surface area is 187 Å². The SMILES string of the molecule is CC1(C(=O)NC2CCCCCC2)Cc2ccccc2C(=O)N1CCN1CCCCCC1. The van der Waals surface area contributed by atoms with E-state index in [1.165, 1.54) is 51.4 Å². The molecule has 1 saturated carbocycles. The molecule has 1 aliphatic carbocycles. The van der Waals surface area contributed by atoms with Gasteiger partial charge in [0.1, 0.15) is 5.54 Å². The molecule has 31 heavy (non-hydrogen) atoms. The number of nitrogens with zero attached hydrogens (tertiary/aromatic N) is 2. The van der Waals surface area contributed by atoms with Crippen molar-refractivity contribution in [1.29, 1.82) is 0 Å². The second-order valence-electron chi connectivity index (χ2n) is 9.98. The number of likely N-dealkylation sites (tertiary alicyclic amines) is 1. The molecule has 5 heteroatoms. The van der Waals surface area contributed by atoms with Gasteiger partial charge in [0.05, 0.1) is 0 Å². The number of amides is 2. The van der Waals surface area contributed by atoms with Crippen LogP contribution in [0.1, 0.15) is 87.1 Å². The Morgan fingerprint density at radius 3 is 2.32 bits per heavy atom. The highest BCUT2D eigenvalue weighted by molar-refractivity contribution is 6.02. The van der Waals surface area contributed by atoms with Crippen molar-refractivity contribution in [1.82, 2.24) is 15.1 Å². The van der Waals surface area contributed by atoms with Gasteiger partial charge in [0.2, 0.25) is 5.91 Å². The fourth-order valence-electron chi connectivity index (χ4n) is 5.64. The maximum atomic E-state index is 13.7. The van der Waals surface area contributed by atoms with Crippen LogP contribution in [0, 0.1) is 0 Å². The van der Waals surface area contributed by atoms with Crippen LogP contribution in [0.15, 0.2) is 24.3 Å². The average molecular weight is 426 g/mol. The molecule has 0 spiro atoms. The molecule has 2 aliphatic heterocycles. The second kappa shape index (κ2) is 10.2. The van der Waals surface area contributed by atoms with Gasteiger partial charge in [-0.25, -0.2) is 0 Å². The van der Waals surface area contributed by atoms with E-state index in [0.29, 0.717) is 13.0 Å². The number of nitrogens with one attached hydrogen (secondary N) is 1. The van der Waals surface area contributed by atoms with Crippen LogP contribution in [-0.2, 0) is 11.2 Å². The molecule has 1 unspecified atom stereocenters. The number of carbonyl (C=O) groups excluding carboxylic acids is 2. The standard InChI is InChI=1S/C26H39N3O2/c1-26(25(31)27-22-13-6-2-3-7-14-22)20-21-12-8-9-15-23(21)24(30)29(26)19-18-28-16-10-4-5-11-17-28/h8-9,12,15,22H,2-7,10-11,13-14,16-20H2,1H3,(H,27,31). The quantitative estimate of drug-likeness (QED) is 0.721. The van der Waals surface area contributed by atoms with Gasteiger partial charge in [-0.15, -0.1) is 0 Å². The van der Waals surface area contributed by atoms with E-state index in [9.17, 15) is 9.59 Å². The maximum Gasteiger partial charge on any atom is 0.255 e. The van der Waals surface area contributed by atoms with E-state index < -0.39 is 5.54 Å². The summed E-state index contributed by atoms with van der Waals surface area (Å²) in [7, 11) is 0. The number of hydrogen-bond acceptors (Lipinski definition) is 3. The molecule has 4 rings (SSSR count). The van der Waals surface area contributed by atoms with Gasteiger partial charge in [-0.1, -0.05) is 56.7 Å². The lowest BCUT2D eigenvalue weighted by atomic mass is 9.82. The molecule has 0 bridgehead atoms. The van der Waals surface area contributed by atoms with Gasteiger partial charge < -0.3 is 15.1 Å². The van der Waals surface area contributed by atoms with Crippen LogP contribution in [0.4, 0.5) is 0 Å². The predicted octanol–water partition coefficient (Wildman–Crippen LogP) is 4.16. The van der Waals surface area contributed by atoms with Crippen molar-refractivity contribution in [3.05, 3.63) is 35.4 Å². The number of fused-ring (bicyclic) bond motifs is 1. The minimum atomic E-state index is -0.830. The second-order valence-corrected chi connectivity index (χ2v) is 9.98. The van der Waals surface area contributed by atoms with Crippen LogP contribution < -0.4 is 5.32 Å². The number of benzene rings is 1. The van der Waals surface area contributed by atoms with Gasteiger partial charge in [0.25, 0.3) is 5.91 Å². The summed E-state index contributed by atoms with van der Waals surface area (Å²) in [6.45, 7) is 5.64. The third-order valence-electron chi connectivity index (χ3n) is 7.64. The summed E-state index contributed by atoms with van der Waals surface area (Å²) in [5.41, 5.74) is 0.930. The Morgan fingerprint density at radius 2 is 1.61 bits per heavy atom. The van der Waals surface area contributed by atoms with E-state index in [4.69, 9.17) is 0 Å². The topological polar surface area (TPSA) is 52.7 Å².